The zero-order chi connectivity index (χ0) is 25.2. The fraction of sp³-hybridized carbons (Fsp3) is 0. The van der Waals surface area contributed by atoms with Crippen LogP contribution in [0.2, 0.25) is 0 Å². The van der Waals surface area contributed by atoms with Gasteiger partial charge in [0.25, 0.3) is 5.56 Å². The van der Waals surface area contributed by atoms with Gasteiger partial charge in [-0.3, -0.25) is 14.3 Å². The van der Waals surface area contributed by atoms with Gasteiger partial charge < -0.3 is 10.2 Å². The minimum atomic E-state index is -1.26. The van der Waals surface area contributed by atoms with Crippen molar-refractivity contribution in [3.8, 4) is 34.1 Å². The van der Waals surface area contributed by atoms with Crippen LogP contribution in [0.25, 0.3) is 28.1 Å². The van der Waals surface area contributed by atoms with Crippen molar-refractivity contribution in [2.24, 2.45) is 0 Å². The number of rotatable bonds is 5. The first kappa shape index (κ1) is 24.4. The molecule has 2 aromatic heterocycles. The zero-order valence-corrected chi connectivity index (χ0v) is 18.3. The highest BCUT2D eigenvalue weighted by atomic mass is 16.4. The molecular weight excluding hydrogens is 446 g/mol. The van der Waals surface area contributed by atoms with E-state index >= 15 is 0 Å². The fourth-order valence-corrected chi connectivity index (χ4v) is 3.19. The molecule has 0 bridgehead atoms. The summed E-state index contributed by atoms with van der Waals surface area (Å²) in [5.41, 5.74) is 3.71. The van der Waals surface area contributed by atoms with Crippen molar-refractivity contribution in [3.05, 3.63) is 119 Å². The second-order valence-electron chi connectivity index (χ2n) is 7.04. The average Bonchev–Trinajstić information content (AvgIpc) is 2.89. The molecule has 0 amide bonds. The van der Waals surface area contributed by atoms with E-state index < -0.39 is 11.9 Å². The predicted octanol–water partition coefficient (Wildman–Crippen LogP) is 4.15. The largest absolute Gasteiger partial charge is 0.478 e. The van der Waals surface area contributed by atoms with Crippen LogP contribution in [0.1, 0.15) is 5.56 Å². The second kappa shape index (κ2) is 11.5. The van der Waals surface area contributed by atoms with Crippen LogP contribution < -0.4 is 5.56 Å². The number of aliphatic carboxylic acids is 2. The number of pyridine rings is 2. The third-order valence-electron chi connectivity index (χ3n) is 4.72. The van der Waals surface area contributed by atoms with E-state index in [0.29, 0.717) is 28.8 Å². The van der Waals surface area contributed by atoms with Crippen LogP contribution >= 0.6 is 0 Å². The molecule has 8 nitrogen and oxygen atoms in total. The van der Waals surface area contributed by atoms with Crippen LogP contribution in [0.5, 0.6) is 0 Å². The molecule has 0 aliphatic carbocycles. The van der Waals surface area contributed by atoms with Crippen molar-refractivity contribution in [1.82, 2.24) is 9.55 Å². The van der Waals surface area contributed by atoms with Crippen LogP contribution in [0.3, 0.4) is 0 Å². The lowest BCUT2D eigenvalue weighted by Gasteiger charge is -2.13. The Balaban J connectivity index is 0.000000371. The Morgan fingerprint density at radius 2 is 1.49 bits per heavy atom. The SMILES string of the molecule is N#Cc1ccccc1-c1cc(-c2ccccn2)cn(-c2ccccc2)c1=O.O=C(O)C=CC(=O)O. The van der Waals surface area contributed by atoms with Crippen LogP contribution in [-0.2, 0) is 9.59 Å². The average molecular weight is 465 g/mol. The first-order valence-corrected chi connectivity index (χ1v) is 10.3. The molecule has 0 fully saturated rings. The van der Waals surface area contributed by atoms with E-state index in [9.17, 15) is 19.6 Å². The number of benzene rings is 2. The normalized spacial score (nSPS) is 10.1. The number of para-hydroxylation sites is 1. The molecule has 4 rings (SSSR count). The lowest BCUT2D eigenvalue weighted by molar-refractivity contribution is -0.134. The van der Waals surface area contributed by atoms with Crippen molar-refractivity contribution < 1.29 is 19.8 Å². The summed E-state index contributed by atoms with van der Waals surface area (Å²) in [6, 6.07) is 26.2. The lowest BCUT2D eigenvalue weighted by atomic mass is 9.99. The summed E-state index contributed by atoms with van der Waals surface area (Å²) in [4.78, 5) is 36.8. The van der Waals surface area contributed by atoms with Gasteiger partial charge in [-0.05, 0) is 36.4 Å². The van der Waals surface area contributed by atoms with Crippen molar-refractivity contribution in [2.75, 3.05) is 0 Å². The van der Waals surface area contributed by atoms with E-state index in [0.717, 1.165) is 16.9 Å². The Bertz CT molecular complexity index is 1450. The van der Waals surface area contributed by atoms with Crippen molar-refractivity contribution >= 4 is 11.9 Å². The van der Waals surface area contributed by atoms with Crippen LogP contribution in [0.15, 0.2) is 108 Å². The molecule has 0 saturated heterocycles. The highest BCUT2D eigenvalue weighted by Gasteiger charge is 2.14. The Kier molecular flexibility index (Phi) is 8.03. The monoisotopic (exact) mass is 465 g/mol. The third kappa shape index (κ3) is 6.37. The molecule has 4 aromatic rings. The molecule has 0 aliphatic heterocycles. The maximum Gasteiger partial charge on any atom is 0.328 e. The number of carbonyl (C=O) groups is 2. The van der Waals surface area contributed by atoms with Gasteiger partial charge in [0, 0.05) is 46.9 Å². The highest BCUT2D eigenvalue weighted by Crippen LogP contribution is 2.26. The van der Waals surface area contributed by atoms with E-state index in [1.165, 1.54) is 0 Å². The summed E-state index contributed by atoms with van der Waals surface area (Å²) in [5, 5.41) is 25.1. The number of hydrogen-bond acceptors (Lipinski definition) is 5. The molecule has 2 N–H and O–H groups in total. The molecule has 172 valence electrons. The van der Waals surface area contributed by atoms with E-state index in [2.05, 4.69) is 11.1 Å². The maximum absolute atomic E-state index is 13.3. The first-order valence-electron chi connectivity index (χ1n) is 10.3. The van der Waals surface area contributed by atoms with E-state index in [1.807, 2.05) is 54.6 Å². The molecule has 2 heterocycles. The van der Waals surface area contributed by atoms with Crippen LogP contribution in [0, 0.1) is 11.3 Å². The summed E-state index contributed by atoms with van der Waals surface area (Å²) in [5.74, 6) is -2.51. The fourth-order valence-electron chi connectivity index (χ4n) is 3.19. The molecule has 8 heteroatoms. The number of carboxylic acid groups (broad SMARTS) is 2. The maximum atomic E-state index is 13.3. The number of nitrogens with zero attached hydrogens (tertiary/aromatic N) is 3. The Morgan fingerprint density at radius 1 is 0.857 bits per heavy atom. The van der Waals surface area contributed by atoms with Crippen molar-refractivity contribution in [2.45, 2.75) is 0 Å². The second-order valence-corrected chi connectivity index (χ2v) is 7.04. The molecule has 0 atom stereocenters. The molecule has 0 saturated carbocycles. The lowest BCUT2D eigenvalue weighted by Crippen LogP contribution is -2.20. The van der Waals surface area contributed by atoms with Gasteiger partial charge >= 0.3 is 11.9 Å². The molecule has 0 unspecified atom stereocenters. The van der Waals surface area contributed by atoms with Gasteiger partial charge in [0.05, 0.1) is 17.3 Å². The van der Waals surface area contributed by atoms with Gasteiger partial charge in [0.15, 0.2) is 0 Å². The van der Waals surface area contributed by atoms with Gasteiger partial charge in [-0.1, -0.05) is 42.5 Å². The summed E-state index contributed by atoms with van der Waals surface area (Å²) >= 11 is 0. The zero-order valence-electron chi connectivity index (χ0n) is 18.3. The Morgan fingerprint density at radius 3 is 2.09 bits per heavy atom. The van der Waals surface area contributed by atoms with Gasteiger partial charge in [0.2, 0.25) is 0 Å². The topological polar surface area (TPSA) is 133 Å². The molecular formula is C27H19N3O5. The van der Waals surface area contributed by atoms with E-state index in [-0.39, 0.29) is 5.56 Å². The number of nitriles is 1. The van der Waals surface area contributed by atoms with Gasteiger partial charge in [-0.15, -0.1) is 0 Å². The Labute approximate surface area is 200 Å². The predicted molar refractivity (Wildman–Crippen MR) is 130 cm³/mol. The summed E-state index contributed by atoms with van der Waals surface area (Å²) in [7, 11) is 0. The quantitative estimate of drug-likeness (QED) is 0.423. The van der Waals surface area contributed by atoms with Gasteiger partial charge in [0.1, 0.15) is 0 Å². The number of hydrogen-bond donors (Lipinski definition) is 2. The van der Waals surface area contributed by atoms with Gasteiger partial charge in [-0.2, -0.15) is 5.26 Å². The van der Waals surface area contributed by atoms with Crippen molar-refractivity contribution in [1.29, 1.82) is 5.26 Å². The molecule has 0 spiro atoms. The Hall–Kier alpha value is -5.29. The third-order valence-corrected chi connectivity index (χ3v) is 4.72. The van der Waals surface area contributed by atoms with Crippen LogP contribution in [-0.4, -0.2) is 31.7 Å². The molecule has 0 radical (unpaired) electrons. The molecule has 0 aliphatic rings. The van der Waals surface area contributed by atoms with Crippen molar-refractivity contribution in [3.63, 3.8) is 0 Å². The summed E-state index contributed by atoms with van der Waals surface area (Å²) < 4.78 is 1.60. The summed E-state index contributed by atoms with van der Waals surface area (Å²) in [6.07, 6.45) is 4.62. The molecule has 35 heavy (non-hydrogen) atoms. The highest BCUT2D eigenvalue weighted by molar-refractivity contribution is 5.89. The number of carboxylic acids is 2. The van der Waals surface area contributed by atoms with E-state index in [1.54, 1.807) is 41.2 Å². The minimum absolute atomic E-state index is 0.177. The molecule has 2 aromatic carbocycles. The van der Waals surface area contributed by atoms with Gasteiger partial charge in [-0.25, -0.2) is 9.59 Å². The van der Waals surface area contributed by atoms with E-state index in [4.69, 9.17) is 10.2 Å². The summed E-state index contributed by atoms with van der Waals surface area (Å²) in [6.45, 7) is 0. The minimum Gasteiger partial charge on any atom is -0.478 e. The smallest absolute Gasteiger partial charge is 0.328 e. The first-order chi connectivity index (χ1) is 16.9. The van der Waals surface area contributed by atoms with Crippen LogP contribution in [0.4, 0.5) is 0 Å². The number of aromatic nitrogens is 2. The standard InChI is InChI=1S/C23H15N3O.C4H4O4/c24-15-17-8-4-5-11-20(17)21-14-18(22-12-6-7-13-25-22)16-26(23(21)27)19-9-2-1-3-10-19;5-3(6)1-2-4(7)8/h1-14,16H;1-2H,(H,5,6)(H,7,8).